The summed E-state index contributed by atoms with van der Waals surface area (Å²) in [5, 5.41) is 2.96. The van der Waals surface area contributed by atoms with E-state index in [-0.39, 0.29) is 5.91 Å². The fourth-order valence-corrected chi connectivity index (χ4v) is 3.18. The number of hydrogen-bond acceptors (Lipinski definition) is 5. The number of aromatic nitrogens is 2. The van der Waals surface area contributed by atoms with E-state index >= 15 is 0 Å². The second-order valence-electron chi connectivity index (χ2n) is 7.24. The molecule has 32 heavy (non-hydrogen) atoms. The van der Waals surface area contributed by atoms with Gasteiger partial charge in [-0.05, 0) is 36.8 Å². The Balaban J connectivity index is 1.49. The first-order valence-electron chi connectivity index (χ1n) is 10.2. The zero-order chi connectivity index (χ0) is 22.3. The third kappa shape index (κ3) is 5.10. The van der Waals surface area contributed by atoms with Gasteiger partial charge in [0.05, 0.1) is 12.8 Å². The van der Waals surface area contributed by atoms with Crippen LogP contribution < -0.4 is 14.8 Å². The van der Waals surface area contributed by atoms with Crippen LogP contribution in [0.2, 0.25) is 0 Å². The van der Waals surface area contributed by atoms with Crippen molar-refractivity contribution in [2.45, 2.75) is 13.5 Å². The first kappa shape index (κ1) is 21.1. The van der Waals surface area contributed by atoms with Crippen molar-refractivity contribution in [3.05, 3.63) is 102 Å². The SMILES string of the molecule is COc1ccccc1Oc1cc(-c2cccc(C(=O)NCc3ccc(C)cc3)c2)ncn1. The van der Waals surface area contributed by atoms with Gasteiger partial charge in [0.25, 0.3) is 5.91 Å². The van der Waals surface area contributed by atoms with Crippen molar-refractivity contribution < 1.29 is 14.3 Å². The molecule has 0 bridgehead atoms. The first-order chi connectivity index (χ1) is 15.6. The maximum absolute atomic E-state index is 12.7. The summed E-state index contributed by atoms with van der Waals surface area (Å²) in [7, 11) is 1.59. The van der Waals surface area contributed by atoms with Crippen LogP contribution in [0.3, 0.4) is 0 Å². The molecule has 6 nitrogen and oxygen atoms in total. The van der Waals surface area contributed by atoms with Crippen molar-refractivity contribution in [1.29, 1.82) is 0 Å². The first-order valence-corrected chi connectivity index (χ1v) is 10.2. The number of carbonyl (C=O) groups excluding carboxylic acids is 1. The molecule has 4 rings (SSSR count). The minimum Gasteiger partial charge on any atom is -0.493 e. The molecule has 1 aromatic heterocycles. The fraction of sp³-hybridized carbons (Fsp3) is 0.115. The van der Waals surface area contributed by atoms with Gasteiger partial charge in [0.1, 0.15) is 6.33 Å². The summed E-state index contributed by atoms with van der Waals surface area (Å²) in [5.41, 5.74) is 4.24. The maximum atomic E-state index is 12.7. The lowest BCUT2D eigenvalue weighted by atomic mass is 10.1. The molecular formula is C26H23N3O3. The third-order valence-corrected chi connectivity index (χ3v) is 4.92. The number of carbonyl (C=O) groups is 1. The van der Waals surface area contributed by atoms with E-state index in [2.05, 4.69) is 15.3 Å². The summed E-state index contributed by atoms with van der Waals surface area (Å²) in [6, 6.07) is 24.5. The number of methoxy groups -OCH3 is 1. The number of para-hydroxylation sites is 2. The predicted molar refractivity (Wildman–Crippen MR) is 123 cm³/mol. The monoisotopic (exact) mass is 425 g/mol. The average Bonchev–Trinajstić information content (AvgIpc) is 2.84. The van der Waals surface area contributed by atoms with E-state index < -0.39 is 0 Å². The molecule has 0 saturated carbocycles. The second kappa shape index (κ2) is 9.75. The molecule has 0 fully saturated rings. The zero-order valence-corrected chi connectivity index (χ0v) is 17.9. The van der Waals surface area contributed by atoms with E-state index in [1.54, 1.807) is 31.4 Å². The van der Waals surface area contributed by atoms with Gasteiger partial charge in [-0.2, -0.15) is 0 Å². The molecule has 1 heterocycles. The lowest BCUT2D eigenvalue weighted by Crippen LogP contribution is -2.22. The van der Waals surface area contributed by atoms with Crippen LogP contribution in [0, 0.1) is 6.92 Å². The number of benzene rings is 3. The molecule has 0 saturated heterocycles. The number of nitrogens with one attached hydrogen (secondary N) is 1. The van der Waals surface area contributed by atoms with Gasteiger partial charge in [-0.1, -0.05) is 54.1 Å². The molecule has 0 aliphatic heterocycles. The average molecular weight is 425 g/mol. The molecule has 0 atom stereocenters. The highest BCUT2D eigenvalue weighted by Gasteiger charge is 2.10. The number of hydrogen-bond donors (Lipinski definition) is 1. The predicted octanol–water partition coefficient (Wildman–Crippen LogP) is 5.18. The second-order valence-corrected chi connectivity index (χ2v) is 7.24. The molecule has 0 aliphatic rings. The molecule has 1 amide bonds. The summed E-state index contributed by atoms with van der Waals surface area (Å²) in [6.45, 7) is 2.50. The number of amides is 1. The Hall–Kier alpha value is -4.19. The largest absolute Gasteiger partial charge is 0.493 e. The van der Waals surface area contributed by atoms with Crippen molar-refractivity contribution in [3.63, 3.8) is 0 Å². The van der Waals surface area contributed by atoms with Crippen molar-refractivity contribution in [3.8, 4) is 28.6 Å². The highest BCUT2D eigenvalue weighted by atomic mass is 16.5. The zero-order valence-electron chi connectivity index (χ0n) is 17.9. The molecule has 6 heteroatoms. The number of nitrogens with zero attached hydrogens (tertiary/aromatic N) is 2. The Morgan fingerprint density at radius 1 is 0.906 bits per heavy atom. The lowest BCUT2D eigenvalue weighted by Gasteiger charge is -2.10. The number of aryl methyl sites for hydroxylation is 1. The molecule has 0 unspecified atom stereocenters. The van der Waals surface area contributed by atoms with Crippen LogP contribution in [0.4, 0.5) is 0 Å². The van der Waals surface area contributed by atoms with Gasteiger partial charge < -0.3 is 14.8 Å². The van der Waals surface area contributed by atoms with E-state index in [0.29, 0.717) is 35.2 Å². The Kier molecular flexibility index (Phi) is 6.41. The Bertz CT molecular complexity index is 1220. The van der Waals surface area contributed by atoms with Crippen LogP contribution in [0.5, 0.6) is 17.4 Å². The maximum Gasteiger partial charge on any atom is 0.251 e. The molecule has 4 aromatic rings. The topological polar surface area (TPSA) is 73.3 Å². The minimum atomic E-state index is -0.146. The highest BCUT2D eigenvalue weighted by molar-refractivity contribution is 5.95. The molecule has 0 aliphatic carbocycles. The van der Waals surface area contributed by atoms with Crippen molar-refractivity contribution in [1.82, 2.24) is 15.3 Å². The summed E-state index contributed by atoms with van der Waals surface area (Å²) < 4.78 is 11.2. The Morgan fingerprint density at radius 2 is 1.69 bits per heavy atom. The van der Waals surface area contributed by atoms with E-state index in [0.717, 1.165) is 11.1 Å². The summed E-state index contributed by atoms with van der Waals surface area (Å²) in [4.78, 5) is 21.2. The van der Waals surface area contributed by atoms with E-state index in [9.17, 15) is 4.79 Å². The Labute approximate surface area is 186 Å². The molecular weight excluding hydrogens is 402 g/mol. The van der Waals surface area contributed by atoms with Gasteiger partial charge in [-0.15, -0.1) is 0 Å². The summed E-state index contributed by atoms with van der Waals surface area (Å²) in [5.74, 6) is 1.41. The van der Waals surface area contributed by atoms with E-state index in [1.807, 2.05) is 61.5 Å². The Morgan fingerprint density at radius 3 is 2.47 bits per heavy atom. The standard InChI is InChI=1S/C26H23N3O3/c1-18-10-12-19(13-11-18)16-27-26(30)21-7-5-6-20(14-21)22-15-25(29-17-28-22)32-24-9-4-3-8-23(24)31-2/h3-15,17H,16H2,1-2H3,(H,27,30). The smallest absolute Gasteiger partial charge is 0.251 e. The van der Waals surface area contributed by atoms with E-state index in [1.165, 1.54) is 11.9 Å². The van der Waals surface area contributed by atoms with Gasteiger partial charge >= 0.3 is 0 Å². The van der Waals surface area contributed by atoms with Crippen molar-refractivity contribution >= 4 is 5.91 Å². The third-order valence-electron chi connectivity index (χ3n) is 4.92. The summed E-state index contributed by atoms with van der Waals surface area (Å²) >= 11 is 0. The molecule has 3 aromatic carbocycles. The van der Waals surface area contributed by atoms with Crippen LogP contribution in [-0.4, -0.2) is 23.0 Å². The highest BCUT2D eigenvalue weighted by Crippen LogP contribution is 2.31. The number of rotatable bonds is 7. The van der Waals surface area contributed by atoms with Crippen molar-refractivity contribution in [2.75, 3.05) is 7.11 Å². The van der Waals surface area contributed by atoms with Crippen LogP contribution in [-0.2, 0) is 6.54 Å². The van der Waals surface area contributed by atoms with Crippen molar-refractivity contribution in [2.24, 2.45) is 0 Å². The van der Waals surface area contributed by atoms with E-state index in [4.69, 9.17) is 9.47 Å². The van der Waals surface area contributed by atoms with Gasteiger partial charge in [0.2, 0.25) is 5.88 Å². The quantitative estimate of drug-likeness (QED) is 0.441. The molecule has 0 radical (unpaired) electrons. The summed E-state index contributed by atoms with van der Waals surface area (Å²) in [6.07, 6.45) is 1.43. The molecule has 160 valence electrons. The normalized spacial score (nSPS) is 10.4. The van der Waals surface area contributed by atoms with Crippen LogP contribution in [0.15, 0.2) is 85.2 Å². The van der Waals surface area contributed by atoms with Gasteiger partial charge in [0.15, 0.2) is 11.5 Å². The van der Waals surface area contributed by atoms with Crippen LogP contribution >= 0.6 is 0 Å². The van der Waals surface area contributed by atoms with Gasteiger partial charge in [-0.25, -0.2) is 9.97 Å². The number of ether oxygens (including phenoxy) is 2. The minimum absolute atomic E-state index is 0.146. The van der Waals surface area contributed by atoms with Gasteiger partial charge in [0, 0.05) is 23.7 Å². The lowest BCUT2D eigenvalue weighted by molar-refractivity contribution is 0.0951. The molecule has 0 spiro atoms. The molecule has 1 N–H and O–H groups in total. The van der Waals surface area contributed by atoms with Crippen LogP contribution in [0.1, 0.15) is 21.5 Å². The van der Waals surface area contributed by atoms with Gasteiger partial charge in [-0.3, -0.25) is 4.79 Å². The fourth-order valence-electron chi connectivity index (χ4n) is 3.18. The van der Waals surface area contributed by atoms with Crippen LogP contribution in [0.25, 0.3) is 11.3 Å².